The first-order valence-corrected chi connectivity index (χ1v) is 14.0. The summed E-state index contributed by atoms with van der Waals surface area (Å²) in [6, 6.07) is 32.5. The van der Waals surface area contributed by atoms with Crippen LogP contribution in [-0.4, -0.2) is 39.7 Å². The largest absolute Gasteiger partial charge is 0.493 e. The number of hydrazone groups is 1. The van der Waals surface area contributed by atoms with E-state index in [1.165, 1.54) is 11.8 Å². The third kappa shape index (κ3) is 7.33. The Hall–Kier alpha value is -4.60. The van der Waals surface area contributed by atoms with Crippen molar-refractivity contribution < 1.29 is 14.3 Å². The van der Waals surface area contributed by atoms with Crippen molar-refractivity contribution in [1.29, 1.82) is 0 Å². The molecule has 5 aromatic rings. The number of amides is 1. The van der Waals surface area contributed by atoms with E-state index in [-0.39, 0.29) is 11.7 Å². The minimum Gasteiger partial charge on any atom is -0.493 e. The number of carbonyl (C=O) groups excluding carboxylic acids is 1. The Morgan fingerprint density at radius 3 is 2.41 bits per heavy atom. The number of carbonyl (C=O) groups is 1. The topological polar surface area (TPSA) is 90.6 Å². The van der Waals surface area contributed by atoms with Gasteiger partial charge in [-0.1, -0.05) is 84.0 Å². The van der Waals surface area contributed by atoms with Crippen LogP contribution in [0.15, 0.2) is 113 Å². The summed E-state index contributed by atoms with van der Waals surface area (Å²) in [5.74, 6) is 1.66. The number of methoxy groups -OCH3 is 1. The summed E-state index contributed by atoms with van der Waals surface area (Å²) in [6.07, 6.45) is 1.55. The lowest BCUT2D eigenvalue weighted by molar-refractivity contribution is -0.118. The van der Waals surface area contributed by atoms with Gasteiger partial charge in [-0.2, -0.15) is 5.10 Å². The molecule has 0 spiro atoms. The van der Waals surface area contributed by atoms with Crippen molar-refractivity contribution in [3.8, 4) is 28.6 Å². The molecule has 0 saturated carbocycles. The van der Waals surface area contributed by atoms with Gasteiger partial charge in [0.1, 0.15) is 6.61 Å². The number of aromatic nitrogens is 3. The van der Waals surface area contributed by atoms with E-state index >= 15 is 0 Å². The molecule has 0 unspecified atom stereocenters. The Bertz CT molecular complexity index is 1630. The van der Waals surface area contributed by atoms with Gasteiger partial charge >= 0.3 is 0 Å². The number of benzene rings is 4. The van der Waals surface area contributed by atoms with Gasteiger partial charge in [0.2, 0.25) is 0 Å². The Balaban J connectivity index is 1.22. The molecule has 0 saturated heterocycles. The van der Waals surface area contributed by atoms with Crippen molar-refractivity contribution in [3.63, 3.8) is 0 Å². The molecule has 4 aromatic carbocycles. The molecule has 0 fully saturated rings. The first-order valence-electron chi connectivity index (χ1n) is 12.7. The van der Waals surface area contributed by atoms with E-state index in [4.69, 9.17) is 21.1 Å². The fourth-order valence-corrected chi connectivity index (χ4v) is 4.79. The van der Waals surface area contributed by atoms with Crippen LogP contribution in [0, 0.1) is 0 Å². The Labute approximate surface area is 247 Å². The van der Waals surface area contributed by atoms with E-state index < -0.39 is 0 Å². The third-order valence-corrected chi connectivity index (χ3v) is 7.09. The number of hydrogen-bond donors (Lipinski definition) is 1. The van der Waals surface area contributed by atoms with E-state index in [0.717, 1.165) is 22.4 Å². The predicted molar refractivity (Wildman–Crippen MR) is 162 cm³/mol. The molecule has 0 radical (unpaired) electrons. The maximum absolute atomic E-state index is 12.6. The van der Waals surface area contributed by atoms with Gasteiger partial charge in [0.15, 0.2) is 22.5 Å². The van der Waals surface area contributed by atoms with E-state index in [1.807, 2.05) is 89.5 Å². The van der Waals surface area contributed by atoms with Crippen molar-refractivity contribution in [1.82, 2.24) is 20.2 Å². The molecule has 0 atom stereocenters. The summed E-state index contributed by atoms with van der Waals surface area (Å²) in [6.45, 7) is 0.428. The lowest BCUT2D eigenvalue weighted by Crippen LogP contribution is -2.20. The number of thioether (sulfide) groups is 1. The van der Waals surface area contributed by atoms with Crippen LogP contribution >= 0.6 is 23.4 Å². The fraction of sp³-hybridized carbons (Fsp3) is 0.0968. The zero-order valence-corrected chi connectivity index (χ0v) is 23.7. The molecule has 206 valence electrons. The van der Waals surface area contributed by atoms with Crippen molar-refractivity contribution in [3.05, 3.63) is 119 Å². The molecule has 5 rings (SSSR count). The highest BCUT2D eigenvalue weighted by Crippen LogP contribution is 2.29. The zero-order valence-electron chi connectivity index (χ0n) is 22.1. The molecule has 41 heavy (non-hydrogen) atoms. The van der Waals surface area contributed by atoms with Crippen LogP contribution in [0.1, 0.15) is 11.1 Å². The normalized spacial score (nSPS) is 11.0. The van der Waals surface area contributed by atoms with Gasteiger partial charge in [-0.15, -0.1) is 10.2 Å². The van der Waals surface area contributed by atoms with E-state index in [0.29, 0.717) is 34.1 Å². The molecule has 1 aromatic heterocycles. The summed E-state index contributed by atoms with van der Waals surface area (Å²) in [4.78, 5) is 12.6. The second-order valence-corrected chi connectivity index (χ2v) is 10.1. The molecular weight excluding hydrogens is 558 g/mol. The summed E-state index contributed by atoms with van der Waals surface area (Å²) in [5.41, 5.74) is 6.12. The molecule has 1 amide bonds. The predicted octanol–water partition coefficient (Wildman–Crippen LogP) is 6.42. The second kappa shape index (κ2) is 13.6. The Morgan fingerprint density at radius 1 is 0.951 bits per heavy atom. The number of nitrogens with zero attached hydrogens (tertiary/aromatic N) is 4. The first kappa shape index (κ1) is 27.9. The molecule has 8 nitrogen and oxygen atoms in total. The maximum atomic E-state index is 12.6. The molecule has 0 bridgehead atoms. The minimum absolute atomic E-state index is 0.0907. The van der Waals surface area contributed by atoms with Gasteiger partial charge in [-0.25, -0.2) is 5.43 Å². The molecule has 0 aliphatic rings. The van der Waals surface area contributed by atoms with Crippen molar-refractivity contribution >= 4 is 35.5 Å². The fourth-order valence-electron chi connectivity index (χ4n) is 3.92. The number of rotatable bonds is 11. The van der Waals surface area contributed by atoms with Crippen LogP contribution in [0.2, 0.25) is 5.02 Å². The van der Waals surface area contributed by atoms with Crippen LogP contribution in [0.3, 0.4) is 0 Å². The van der Waals surface area contributed by atoms with Gasteiger partial charge in [0.25, 0.3) is 5.91 Å². The molecular formula is C31H26ClN5O3S. The Kier molecular flexibility index (Phi) is 9.30. The Morgan fingerprint density at radius 2 is 1.68 bits per heavy atom. The quantitative estimate of drug-likeness (QED) is 0.110. The smallest absolute Gasteiger partial charge is 0.250 e. The van der Waals surface area contributed by atoms with Gasteiger partial charge in [-0.05, 0) is 53.6 Å². The summed E-state index contributed by atoms with van der Waals surface area (Å²) >= 11 is 7.36. The highest BCUT2D eigenvalue weighted by Gasteiger charge is 2.17. The summed E-state index contributed by atoms with van der Waals surface area (Å²) in [5, 5.41) is 14.0. The number of ether oxygens (including phenoxy) is 2. The lowest BCUT2D eigenvalue weighted by atomic mass is 10.2. The first-order chi connectivity index (χ1) is 20.1. The highest BCUT2D eigenvalue weighted by atomic mass is 35.5. The van der Waals surface area contributed by atoms with E-state index in [9.17, 15) is 4.79 Å². The standard InChI is InChI=1S/C31H26ClN5O3S/c1-39-28-18-23(12-17-27(28)40-20-22-8-4-2-5-9-22)19-33-34-29(38)21-41-31-36-35-30(24-10-6-3-7-11-24)37(31)26-15-13-25(32)14-16-26/h2-19H,20-21H2,1H3,(H,34,38)/b33-19-. The van der Waals surface area contributed by atoms with Crippen molar-refractivity contribution in [2.45, 2.75) is 11.8 Å². The third-order valence-electron chi connectivity index (χ3n) is 5.91. The van der Waals surface area contributed by atoms with E-state index in [2.05, 4.69) is 20.7 Å². The van der Waals surface area contributed by atoms with Crippen LogP contribution < -0.4 is 14.9 Å². The highest BCUT2D eigenvalue weighted by molar-refractivity contribution is 7.99. The van der Waals surface area contributed by atoms with Crippen LogP contribution in [0.4, 0.5) is 0 Å². The van der Waals surface area contributed by atoms with Crippen LogP contribution in [-0.2, 0) is 11.4 Å². The van der Waals surface area contributed by atoms with Gasteiger partial charge in [0.05, 0.1) is 19.1 Å². The SMILES string of the molecule is COc1cc(/C=N\NC(=O)CSc2nnc(-c3ccccc3)n2-c2ccc(Cl)cc2)ccc1OCc1ccccc1. The number of hydrogen-bond acceptors (Lipinski definition) is 7. The number of nitrogens with one attached hydrogen (secondary N) is 1. The van der Waals surface area contributed by atoms with Gasteiger partial charge in [-0.3, -0.25) is 9.36 Å². The molecule has 10 heteroatoms. The molecule has 0 aliphatic carbocycles. The summed E-state index contributed by atoms with van der Waals surface area (Å²) < 4.78 is 13.3. The lowest BCUT2D eigenvalue weighted by Gasteiger charge is -2.11. The molecule has 1 heterocycles. The average molecular weight is 584 g/mol. The van der Waals surface area contributed by atoms with Crippen molar-refractivity contribution in [2.24, 2.45) is 5.10 Å². The van der Waals surface area contributed by atoms with Crippen molar-refractivity contribution in [2.75, 3.05) is 12.9 Å². The number of halogens is 1. The van der Waals surface area contributed by atoms with E-state index in [1.54, 1.807) is 31.5 Å². The molecule has 1 N–H and O–H groups in total. The molecule has 0 aliphatic heterocycles. The monoisotopic (exact) mass is 583 g/mol. The second-order valence-electron chi connectivity index (χ2n) is 8.75. The van der Waals surface area contributed by atoms with Crippen LogP contribution in [0.25, 0.3) is 17.1 Å². The zero-order chi connectivity index (χ0) is 28.4. The van der Waals surface area contributed by atoms with Gasteiger partial charge < -0.3 is 9.47 Å². The minimum atomic E-state index is -0.284. The average Bonchev–Trinajstić information content (AvgIpc) is 3.44. The van der Waals surface area contributed by atoms with Gasteiger partial charge in [0, 0.05) is 16.3 Å². The van der Waals surface area contributed by atoms with Crippen LogP contribution in [0.5, 0.6) is 11.5 Å². The maximum Gasteiger partial charge on any atom is 0.250 e. The summed E-state index contributed by atoms with van der Waals surface area (Å²) in [7, 11) is 1.58.